The summed E-state index contributed by atoms with van der Waals surface area (Å²) in [6.07, 6.45) is 4.44. The van der Waals surface area contributed by atoms with E-state index in [-0.39, 0.29) is 17.9 Å². The van der Waals surface area contributed by atoms with Gasteiger partial charge in [-0.25, -0.2) is 4.98 Å². The molecule has 1 aromatic carbocycles. The van der Waals surface area contributed by atoms with Crippen LogP contribution < -0.4 is 5.56 Å². The van der Waals surface area contributed by atoms with Crippen molar-refractivity contribution in [1.29, 1.82) is 5.26 Å². The van der Waals surface area contributed by atoms with E-state index in [2.05, 4.69) is 11.1 Å². The van der Waals surface area contributed by atoms with Crippen LogP contribution in [0.25, 0.3) is 21.1 Å². The van der Waals surface area contributed by atoms with E-state index in [0.29, 0.717) is 28.7 Å². The molecule has 3 heterocycles. The summed E-state index contributed by atoms with van der Waals surface area (Å²) in [4.78, 5) is 31.9. The van der Waals surface area contributed by atoms with Crippen LogP contribution in [0.2, 0.25) is 0 Å². The molecule has 140 valence electrons. The van der Waals surface area contributed by atoms with E-state index in [4.69, 9.17) is 5.26 Å². The van der Waals surface area contributed by atoms with Crippen LogP contribution in [0.3, 0.4) is 0 Å². The van der Waals surface area contributed by atoms with Crippen molar-refractivity contribution in [3.63, 3.8) is 0 Å². The molecule has 7 heteroatoms. The molecule has 0 saturated carbocycles. The Balaban J connectivity index is 1.71. The predicted molar refractivity (Wildman–Crippen MR) is 110 cm³/mol. The summed E-state index contributed by atoms with van der Waals surface area (Å²) in [5, 5.41) is 10.3. The third-order valence-corrected chi connectivity index (χ3v) is 5.97. The highest BCUT2D eigenvalue weighted by Gasteiger charge is 2.17. The van der Waals surface area contributed by atoms with Gasteiger partial charge in [-0.15, -0.1) is 11.3 Å². The van der Waals surface area contributed by atoms with Gasteiger partial charge in [-0.1, -0.05) is 25.1 Å². The number of carbonyl (C=O) groups is 1. The van der Waals surface area contributed by atoms with Gasteiger partial charge in [0.05, 0.1) is 30.7 Å². The number of rotatable bonds is 6. The molecular weight excluding hydrogens is 372 g/mol. The molecule has 0 aliphatic carbocycles. The molecule has 0 amide bonds. The lowest BCUT2D eigenvalue weighted by Gasteiger charge is -2.04. The van der Waals surface area contributed by atoms with Crippen molar-refractivity contribution in [2.45, 2.75) is 32.9 Å². The number of aromatic nitrogens is 3. The molecule has 4 rings (SSSR count). The van der Waals surface area contributed by atoms with Gasteiger partial charge in [-0.2, -0.15) is 5.26 Å². The Bertz CT molecular complexity index is 1290. The predicted octanol–water partition coefficient (Wildman–Crippen LogP) is 3.77. The number of hydrogen-bond acceptors (Lipinski definition) is 5. The topological polar surface area (TPSA) is 80.7 Å². The quantitative estimate of drug-likeness (QED) is 0.469. The number of fused-ring (bicyclic) bond motifs is 2. The second-order valence-electron chi connectivity index (χ2n) is 6.55. The Kier molecular flexibility index (Phi) is 4.80. The number of thiophene rings is 1. The van der Waals surface area contributed by atoms with E-state index in [9.17, 15) is 9.59 Å². The number of para-hydroxylation sites is 1. The minimum atomic E-state index is -0.192. The smallest absolute Gasteiger partial charge is 0.262 e. The molecular formula is C21H18N4O2S. The van der Waals surface area contributed by atoms with Crippen molar-refractivity contribution in [3.8, 4) is 6.07 Å². The fraction of sp³-hybridized carbons (Fsp3) is 0.238. The maximum atomic E-state index is 13.0. The van der Waals surface area contributed by atoms with Crippen LogP contribution in [0, 0.1) is 11.3 Å². The molecule has 0 aliphatic rings. The Morgan fingerprint density at radius 2 is 2.07 bits per heavy atom. The molecule has 0 N–H and O–H groups in total. The Labute approximate surface area is 165 Å². The summed E-state index contributed by atoms with van der Waals surface area (Å²) >= 11 is 1.51. The fourth-order valence-corrected chi connectivity index (χ4v) is 4.29. The highest BCUT2D eigenvalue weighted by Crippen LogP contribution is 2.23. The molecule has 4 aromatic rings. The monoisotopic (exact) mass is 390 g/mol. The number of nitrogens with zero attached hydrogens (tertiary/aromatic N) is 4. The summed E-state index contributed by atoms with van der Waals surface area (Å²) in [6.45, 7) is 2.49. The average molecular weight is 390 g/mol. The van der Waals surface area contributed by atoms with Crippen molar-refractivity contribution in [1.82, 2.24) is 14.1 Å². The van der Waals surface area contributed by atoms with Gasteiger partial charge in [0.2, 0.25) is 0 Å². The number of hydrogen-bond donors (Lipinski definition) is 0. The van der Waals surface area contributed by atoms with Crippen LogP contribution in [0.1, 0.15) is 28.6 Å². The van der Waals surface area contributed by atoms with E-state index in [1.165, 1.54) is 22.2 Å². The van der Waals surface area contributed by atoms with Crippen molar-refractivity contribution in [2.24, 2.45) is 0 Å². The van der Waals surface area contributed by atoms with Crippen molar-refractivity contribution < 1.29 is 4.79 Å². The van der Waals surface area contributed by atoms with Crippen LogP contribution in [0.5, 0.6) is 0 Å². The molecule has 3 aromatic heterocycles. The molecule has 0 aliphatic heterocycles. The summed E-state index contributed by atoms with van der Waals surface area (Å²) < 4.78 is 3.29. The number of nitriles is 1. The lowest BCUT2D eigenvalue weighted by molar-refractivity contribution is 0.0972. The summed E-state index contributed by atoms with van der Waals surface area (Å²) in [6, 6.07) is 11.6. The molecule has 0 spiro atoms. The van der Waals surface area contributed by atoms with Gasteiger partial charge in [0.15, 0.2) is 5.78 Å². The Hall–Kier alpha value is -3.24. The van der Waals surface area contributed by atoms with E-state index in [0.717, 1.165) is 22.2 Å². The van der Waals surface area contributed by atoms with Crippen LogP contribution >= 0.6 is 11.3 Å². The number of aryl methyl sites for hydroxylation is 2. The number of Topliss-reactive ketones (excluding diaryl/α,β-unsaturated/α-hetero) is 1. The van der Waals surface area contributed by atoms with Crippen LogP contribution in [-0.2, 0) is 19.5 Å². The minimum Gasteiger partial charge on any atom is -0.346 e. The largest absolute Gasteiger partial charge is 0.346 e. The molecule has 0 saturated heterocycles. The van der Waals surface area contributed by atoms with E-state index in [1.807, 2.05) is 41.8 Å². The van der Waals surface area contributed by atoms with Crippen molar-refractivity contribution >= 4 is 38.2 Å². The number of carbonyl (C=O) groups excluding carboxylic acids is 1. The fourth-order valence-electron chi connectivity index (χ4n) is 3.36. The van der Waals surface area contributed by atoms with Crippen LogP contribution in [0.15, 0.2) is 47.7 Å². The molecule has 0 atom stereocenters. The maximum absolute atomic E-state index is 13.0. The minimum absolute atomic E-state index is 0.0642. The summed E-state index contributed by atoms with van der Waals surface area (Å²) in [5.74, 6) is -0.152. The van der Waals surface area contributed by atoms with E-state index < -0.39 is 0 Å². The first-order chi connectivity index (χ1) is 13.6. The highest BCUT2D eigenvalue weighted by molar-refractivity contribution is 7.18. The van der Waals surface area contributed by atoms with E-state index in [1.54, 1.807) is 6.20 Å². The lowest BCUT2D eigenvalue weighted by Crippen LogP contribution is -2.24. The van der Waals surface area contributed by atoms with Crippen molar-refractivity contribution in [3.05, 3.63) is 63.7 Å². The lowest BCUT2D eigenvalue weighted by atomic mass is 10.1. The first-order valence-corrected chi connectivity index (χ1v) is 9.90. The van der Waals surface area contributed by atoms with E-state index >= 15 is 0 Å². The van der Waals surface area contributed by atoms with Gasteiger partial charge < -0.3 is 4.57 Å². The molecule has 6 nitrogen and oxygen atoms in total. The second-order valence-corrected chi connectivity index (χ2v) is 7.66. The van der Waals surface area contributed by atoms with Gasteiger partial charge in [-0.3, -0.25) is 14.2 Å². The number of benzene rings is 1. The molecule has 0 fully saturated rings. The van der Waals surface area contributed by atoms with Gasteiger partial charge in [-0.05, 0) is 18.6 Å². The van der Waals surface area contributed by atoms with Gasteiger partial charge in [0.25, 0.3) is 5.56 Å². The second kappa shape index (κ2) is 7.41. The number of ketones is 1. The molecule has 28 heavy (non-hydrogen) atoms. The van der Waals surface area contributed by atoms with Crippen LogP contribution in [-0.4, -0.2) is 19.9 Å². The maximum Gasteiger partial charge on any atom is 0.262 e. The summed E-state index contributed by atoms with van der Waals surface area (Å²) in [7, 11) is 0. The van der Waals surface area contributed by atoms with Crippen LogP contribution in [0.4, 0.5) is 0 Å². The SMILES string of the molecule is CCc1cc2c(=O)n(CC(=O)c3cn(CCC#N)c4ccccc34)cnc2s1. The molecule has 0 unspecified atom stereocenters. The molecule has 0 bridgehead atoms. The Morgan fingerprint density at radius 1 is 1.25 bits per heavy atom. The normalized spacial score (nSPS) is 11.1. The third kappa shape index (κ3) is 3.12. The zero-order valence-electron chi connectivity index (χ0n) is 15.4. The van der Waals surface area contributed by atoms with Gasteiger partial charge in [0.1, 0.15) is 4.83 Å². The highest BCUT2D eigenvalue weighted by atomic mass is 32.1. The first-order valence-electron chi connectivity index (χ1n) is 9.08. The average Bonchev–Trinajstić information content (AvgIpc) is 3.30. The zero-order valence-corrected chi connectivity index (χ0v) is 16.2. The zero-order chi connectivity index (χ0) is 19.7. The first kappa shape index (κ1) is 18.1. The molecule has 0 radical (unpaired) electrons. The van der Waals surface area contributed by atoms with Gasteiger partial charge in [0, 0.05) is 34.1 Å². The van der Waals surface area contributed by atoms with Crippen molar-refractivity contribution in [2.75, 3.05) is 0 Å². The third-order valence-electron chi connectivity index (χ3n) is 4.79. The standard InChI is InChI=1S/C21H18N4O2S/c1-2-14-10-16-20(28-14)23-13-25(21(16)27)12-19(26)17-11-24(9-5-8-22)18-7-4-3-6-15(17)18/h3-4,6-7,10-11,13H,2,5,9,12H2,1H3. The Morgan fingerprint density at radius 3 is 2.86 bits per heavy atom. The van der Waals surface area contributed by atoms with Gasteiger partial charge >= 0.3 is 0 Å². The summed E-state index contributed by atoms with van der Waals surface area (Å²) in [5.41, 5.74) is 1.27.